The average molecular weight is 256 g/mol. The van der Waals surface area contributed by atoms with Gasteiger partial charge in [0.25, 0.3) is 0 Å². The number of nitrogens with one attached hydrogen (secondary N) is 1. The lowest BCUT2D eigenvalue weighted by atomic mass is 10.1. The molecule has 1 aromatic rings. The molecule has 1 aromatic heterocycles. The molecule has 1 saturated carbocycles. The van der Waals surface area contributed by atoms with Crippen molar-refractivity contribution in [3.8, 4) is 0 Å². The van der Waals surface area contributed by atoms with Crippen LogP contribution in [0.1, 0.15) is 32.6 Å². The van der Waals surface area contributed by atoms with Crippen molar-refractivity contribution in [2.24, 2.45) is 5.92 Å². The molecule has 0 aliphatic heterocycles. The fourth-order valence-electron chi connectivity index (χ4n) is 2.25. The molecule has 2 unspecified atom stereocenters. The number of nitrogens with zero attached hydrogens (tertiary/aromatic N) is 1. The van der Waals surface area contributed by atoms with E-state index < -0.39 is 0 Å². The normalized spacial score (nSPS) is 25.1. The third kappa shape index (κ3) is 3.75. The zero-order valence-corrected chi connectivity index (χ0v) is 11.4. The first-order valence-corrected chi connectivity index (χ1v) is 7.98. The number of hydrogen-bond donors (Lipinski definition) is 1. The molecule has 1 N–H and O–H groups in total. The molecule has 16 heavy (non-hydrogen) atoms. The van der Waals surface area contributed by atoms with Gasteiger partial charge < -0.3 is 5.32 Å². The summed E-state index contributed by atoms with van der Waals surface area (Å²) in [6.07, 6.45) is 7.32. The van der Waals surface area contributed by atoms with Crippen LogP contribution in [0.2, 0.25) is 0 Å². The highest BCUT2D eigenvalue weighted by molar-refractivity contribution is 8.00. The molecule has 1 aliphatic carbocycles. The van der Waals surface area contributed by atoms with E-state index in [1.807, 2.05) is 23.3 Å². The summed E-state index contributed by atoms with van der Waals surface area (Å²) in [5.74, 6) is 2.06. The number of thioether (sulfide) groups is 1. The largest absolute Gasteiger partial charge is 0.314 e. The summed E-state index contributed by atoms with van der Waals surface area (Å²) in [5, 5.41) is 5.72. The summed E-state index contributed by atoms with van der Waals surface area (Å²) in [6, 6.07) is 0.782. The van der Waals surface area contributed by atoms with Gasteiger partial charge in [-0.2, -0.15) is 0 Å². The number of aromatic nitrogens is 1. The Morgan fingerprint density at radius 2 is 2.50 bits per heavy atom. The average Bonchev–Trinajstić information content (AvgIpc) is 2.90. The second-order valence-corrected chi connectivity index (χ2v) is 6.71. The first-order chi connectivity index (χ1) is 7.86. The minimum absolute atomic E-state index is 0.782. The lowest BCUT2D eigenvalue weighted by Gasteiger charge is -2.16. The Kier molecular flexibility index (Phi) is 5.13. The highest BCUT2D eigenvalue weighted by Gasteiger charge is 2.21. The Balaban J connectivity index is 1.52. The summed E-state index contributed by atoms with van der Waals surface area (Å²) in [5.41, 5.74) is 0. The lowest BCUT2D eigenvalue weighted by molar-refractivity contribution is 0.428. The van der Waals surface area contributed by atoms with Crippen LogP contribution < -0.4 is 5.32 Å². The van der Waals surface area contributed by atoms with Gasteiger partial charge in [0, 0.05) is 23.4 Å². The van der Waals surface area contributed by atoms with Gasteiger partial charge in [-0.05, 0) is 31.7 Å². The van der Waals surface area contributed by atoms with Crippen LogP contribution in [-0.2, 0) is 0 Å². The summed E-state index contributed by atoms with van der Waals surface area (Å²) in [7, 11) is 0. The Morgan fingerprint density at radius 1 is 1.56 bits per heavy atom. The van der Waals surface area contributed by atoms with Gasteiger partial charge in [0.15, 0.2) is 0 Å². The molecule has 2 atom stereocenters. The second-order valence-electron chi connectivity index (χ2n) is 4.47. The monoisotopic (exact) mass is 256 g/mol. The van der Waals surface area contributed by atoms with E-state index in [0.717, 1.165) is 18.5 Å². The summed E-state index contributed by atoms with van der Waals surface area (Å²) < 4.78 is 1.20. The first-order valence-electron chi connectivity index (χ1n) is 6.12. The minimum atomic E-state index is 0.782. The predicted molar refractivity (Wildman–Crippen MR) is 72.3 cm³/mol. The molecule has 4 heteroatoms. The zero-order valence-electron chi connectivity index (χ0n) is 9.82. The molecule has 90 valence electrons. The Hall–Kier alpha value is -0.0600. The van der Waals surface area contributed by atoms with Crippen molar-refractivity contribution >= 4 is 23.1 Å². The molecule has 0 saturated heterocycles. The summed E-state index contributed by atoms with van der Waals surface area (Å²) >= 11 is 3.62. The van der Waals surface area contributed by atoms with E-state index in [1.54, 1.807) is 11.3 Å². The van der Waals surface area contributed by atoms with E-state index in [4.69, 9.17) is 0 Å². The zero-order chi connectivity index (χ0) is 11.2. The Bertz CT molecular complexity index is 287. The first kappa shape index (κ1) is 12.4. The molecule has 0 spiro atoms. The van der Waals surface area contributed by atoms with Crippen LogP contribution >= 0.6 is 23.1 Å². The topological polar surface area (TPSA) is 24.9 Å². The maximum atomic E-state index is 4.26. The van der Waals surface area contributed by atoms with Crippen molar-refractivity contribution in [2.45, 2.75) is 43.0 Å². The SMILES string of the molecule is CC1CCCC1NCCCSc1nccs1. The van der Waals surface area contributed by atoms with Crippen LogP contribution in [0.5, 0.6) is 0 Å². The van der Waals surface area contributed by atoms with Crippen molar-refractivity contribution in [1.29, 1.82) is 0 Å². The summed E-state index contributed by atoms with van der Waals surface area (Å²) in [6.45, 7) is 3.53. The molecule has 2 nitrogen and oxygen atoms in total. The maximum absolute atomic E-state index is 4.26. The molecule has 0 aromatic carbocycles. The van der Waals surface area contributed by atoms with Gasteiger partial charge >= 0.3 is 0 Å². The van der Waals surface area contributed by atoms with Crippen molar-refractivity contribution < 1.29 is 0 Å². The number of rotatable bonds is 6. The van der Waals surface area contributed by atoms with Crippen molar-refractivity contribution in [3.63, 3.8) is 0 Å². The smallest absolute Gasteiger partial charge is 0.149 e. The Labute approximate surface area is 106 Å². The van der Waals surface area contributed by atoms with Gasteiger partial charge in [-0.25, -0.2) is 4.98 Å². The Morgan fingerprint density at radius 3 is 3.19 bits per heavy atom. The highest BCUT2D eigenvalue weighted by atomic mass is 32.2. The quantitative estimate of drug-likeness (QED) is 0.624. The fourth-order valence-corrected chi connectivity index (χ4v) is 3.90. The molecular weight excluding hydrogens is 236 g/mol. The van der Waals surface area contributed by atoms with Gasteiger partial charge in [-0.3, -0.25) is 0 Å². The molecule has 0 radical (unpaired) electrons. The van der Waals surface area contributed by atoms with Crippen LogP contribution in [0, 0.1) is 5.92 Å². The van der Waals surface area contributed by atoms with Crippen molar-refractivity contribution in [2.75, 3.05) is 12.3 Å². The fraction of sp³-hybridized carbons (Fsp3) is 0.750. The van der Waals surface area contributed by atoms with E-state index in [2.05, 4.69) is 17.2 Å². The van der Waals surface area contributed by atoms with E-state index in [-0.39, 0.29) is 0 Å². The van der Waals surface area contributed by atoms with Crippen molar-refractivity contribution in [1.82, 2.24) is 10.3 Å². The minimum Gasteiger partial charge on any atom is -0.314 e. The van der Waals surface area contributed by atoms with Crippen LogP contribution in [0.3, 0.4) is 0 Å². The molecule has 0 bridgehead atoms. The second kappa shape index (κ2) is 6.62. The van der Waals surface area contributed by atoms with Crippen LogP contribution in [0.15, 0.2) is 15.9 Å². The van der Waals surface area contributed by atoms with Crippen LogP contribution in [0.4, 0.5) is 0 Å². The van der Waals surface area contributed by atoms with Crippen LogP contribution in [-0.4, -0.2) is 23.3 Å². The lowest BCUT2D eigenvalue weighted by Crippen LogP contribution is -2.32. The van der Waals surface area contributed by atoms with Gasteiger partial charge in [0.2, 0.25) is 0 Å². The van der Waals surface area contributed by atoms with E-state index >= 15 is 0 Å². The van der Waals surface area contributed by atoms with Gasteiger partial charge in [-0.15, -0.1) is 11.3 Å². The van der Waals surface area contributed by atoms with Gasteiger partial charge in [-0.1, -0.05) is 25.1 Å². The van der Waals surface area contributed by atoms with Gasteiger partial charge in [0.05, 0.1) is 0 Å². The molecule has 1 heterocycles. The van der Waals surface area contributed by atoms with Crippen LogP contribution in [0.25, 0.3) is 0 Å². The highest BCUT2D eigenvalue weighted by Crippen LogP contribution is 2.25. The standard InChI is InChI=1S/C12H20N2S2/c1-10-4-2-5-11(10)13-6-3-8-15-12-14-7-9-16-12/h7,9-11,13H,2-6,8H2,1H3. The maximum Gasteiger partial charge on any atom is 0.149 e. The molecule has 1 aliphatic rings. The molecule has 0 amide bonds. The number of thiazole rings is 1. The van der Waals surface area contributed by atoms with Crippen molar-refractivity contribution in [3.05, 3.63) is 11.6 Å². The van der Waals surface area contributed by atoms with E-state index in [0.29, 0.717) is 0 Å². The number of hydrogen-bond acceptors (Lipinski definition) is 4. The van der Waals surface area contributed by atoms with E-state index in [9.17, 15) is 0 Å². The molecular formula is C12H20N2S2. The third-order valence-corrected chi connectivity index (χ3v) is 5.28. The van der Waals surface area contributed by atoms with Gasteiger partial charge in [0.1, 0.15) is 4.34 Å². The molecule has 2 rings (SSSR count). The molecule has 1 fully saturated rings. The summed E-state index contributed by atoms with van der Waals surface area (Å²) in [4.78, 5) is 4.26. The predicted octanol–water partition coefficient (Wildman–Crippen LogP) is 3.40. The van der Waals surface area contributed by atoms with E-state index in [1.165, 1.54) is 35.8 Å². The third-order valence-electron chi connectivity index (χ3n) is 3.22.